The molecule has 3 rings (SSSR count). The lowest BCUT2D eigenvalue weighted by Crippen LogP contribution is -2.46. The summed E-state index contributed by atoms with van der Waals surface area (Å²) in [6.45, 7) is 13.2. The Morgan fingerprint density at radius 1 is 1.16 bits per heavy atom. The Balaban J connectivity index is 1.74. The van der Waals surface area contributed by atoms with Crippen molar-refractivity contribution in [1.82, 2.24) is 20.1 Å². The molecular formula is C25H38N4OS. The Bertz CT molecular complexity index is 944. The van der Waals surface area contributed by atoms with Crippen LogP contribution in [0, 0.1) is 13.8 Å². The van der Waals surface area contributed by atoms with Gasteiger partial charge in [-0.1, -0.05) is 38.3 Å². The minimum atomic E-state index is -0.00761. The predicted octanol–water partition coefficient (Wildman–Crippen LogP) is 4.50. The topological polar surface area (TPSA) is 51.4 Å². The molecule has 1 heterocycles. The maximum absolute atomic E-state index is 12.9. The van der Waals surface area contributed by atoms with Crippen molar-refractivity contribution in [1.29, 1.82) is 0 Å². The van der Waals surface area contributed by atoms with Crippen LogP contribution in [-0.2, 0) is 6.54 Å². The quantitative estimate of drug-likeness (QED) is 0.442. The van der Waals surface area contributed by atoms with Crippen molar-refractivity contribution in [2.24, 2.45) is 0 Å². The first kappa shape index (κ1) is 23.7. The van der Waals surface area contributed by atoms with Crippen LogP contribution < -0.4 is 10.9 Å². The summed E-state index contributed by atoms with van der Waals surface area (Å²) in [6.07, 6.45) is 5.82. The van der Waals surface area contributed by atoms with E-state index in [0.29, 0.717) is 12.6 Å². The second-order valence-electron chi connectivity index (χ2n) is 8.85. The molecule has 0 amide bonds. The SMILES string of the molecule is CCN(CC)CCCNC(=S)N(Cc1cc2cc(C)cc(C)c2[nH]c1=O)C1CCCC1. The van der Waals surface area contributed by atoms with E-state index in [1.165, 1.54) is 18.4 Å². The third kappa shape index (κ3) is 6.07. The fourth-order valence-electron chi connectivity index (χ4n) is 4.76. The lowest BCUT2D eigenvalue weighted by atomic mass is 10.0. The molecule has 0 spiro atoms. The Kier molecular flexibility index (Phi) is 8.50. The van der Waals surface area contributed by atoms with Gasteiger partial charge in [-0.2, -0.15) is 0 Å². The molecule has 1 fully saturated rings. The highest BCUT2D eigenvalue weighted by atomic mass is 32.1. The van der Waals surface area contributed by atoms with Crippen LogP contribution in [0.15, 0.2) is 23.0 Å². The third-order valence-corrected chi connectivity index (χ3v) is 6.94. The number of thiocarbonyl (C=S) groups is 1. The van der Waals surface area contributed by atoms with Crippen molar-refractivity contribution in [2.75, 3.05) is 26.2 Å². The number of nitrogens with one attached hydrogen (secondary N) is 2. The van der Waals surface area contributed by atoms with Gasteiger partial charge >= 0.3 is 0 Å². The standard InChI is InChI=1S/C25H38N4OS/c1-5-28(6-2)13-9-12-26-25(31)29(22-10-7-8-11-22)17-21-16-20-15-18(3)14-19(4)23(20)27-24(21)30/h14-16,22H,5-13,17H2,1-4H3,(H,26,31)(H,27,30). The molecule has 2 N–H and O–H groups in total. The van der Waals surface area contributed by atoms with Crippen molar-refractivity contribution in [3.63, 3.8) is 0 Å². The second-order valence-corrected chi connectivity index (χ2v) is 9.23. The number of rotatable bonds is 9. The highest BCUT2D eigenvalue weighted by molar-refractivity contribution is 7.80. The minimum absolute atomic E-state index is 0.00761. The summed E-state index contributed by atoms with van der Waals surface area (Å²) < 4.78 is 0. The average molecular weight is 443 g/mol. The molecule has 1 aliphatic rings. The highest BCUT2D eigenvalue weighted by Gasteiger charge is 2.25. The van der Waals surface area contributed by atoms with Crippen LogP contribution in [0.3, 0.4) is 0 Å². The smallest absolute Gasteiger partial charge is 0.253 e. The fourth-order valence-corrected chi connectivity index (χ4v) is 5.07. The van der Waals surface area contributed by atoms with Gasteiger partial charge in [-0.25, -0.2) is 0 Å². The molecule has 2 aromatic rings. The summed E-state index contributed by atoms with van der Waals surface area (Å²) in [5.74, 6) is 0. The van der Waals surface area contributed by atoms with Crippen LogP contribution in [0.25, 0.3) is 10.9 Å². The van der Waals surface area contributed by atoms with Gasteiger partial charge in [0.25, 0.3) is 5.56 Å². The average Bonchev–Trinajstić information content (AvgIpc) is 3.27. The fraction of sp³-hybridized carbons (Fsp3) is 0.600. The van der Waals surface area contributed by atoms with Gasteiger partial charge in [0.2, 0.25) is 0 Å². The van der Waals surface area contributed by atoms with E-state index in [1.54, 1.807) is 0 Å². The first-order valence-electron chi connectivity index (χ1n) is 11.8. The maximum atomic E-state index is 12.9. The van der Waals surface area contributed by atoms with Gasteiger partial charge < -0.3 is 20.1 Å². The number of pyridine rings is 1. The van der Waals surface area contributed by atoms with E-state index in [1.807, 2.05) is 6.92 Å². The van der Waals surface area contributed by atoms with Gasteiger partial charge in [-0.3, -0.25) is 4.79 Å². The van der Waals surface area contributed by atoms with Gasteiger partial charge in [0.05, 0.1) is 12.1 Å². The van der Waals surface area contributed by atoms with Gasteiger partial charge in [-0.05, 0) is 88.0 Å². The molecule has 1 aromatic heterocycles. The van der Waals surface area contributed by atoms with Crippen molar-refractivity contribution in [2.45, 2.75) is 72.4 Å². The van der Waals surface area contributed by atoms with E-state index in [4.69, 9.17) is 12.2 Å². The molecule has 31 heavy (non-hydrogen) atoms. The predicted molar refractivity (Wildman–Crippen MR) is 135 cm³/mol. The Labute approximate surface area is 192 Å². The van der Waals surface area contributed by atoms with E-state index in [-0.39, 0.29) is 5.56 Å². The third-order valence-electron chi connectivity index (χ3n) is 6.56. The van der Waals surface area contributed by atoms with E-state index in [9.17, 15) is 4.79 Å². The van der Waals surface area contributed by atoms with Crippen LogP contribution >= 0.6 is 12.2 Å². The number of hydrogen-bond donors (Lipinski definition) is 2. The summed E-state index contributed by atoms with van der Waals surface area (Å²) in [4.78, 5) is 20.7. The minimum Gasteiger partial charge on any atom is -0.363 e. The summed E-state index contributed by atoms with van der Waals surface area (Å²) in [7, 11) is 0. The molecule has 1 saturated carbocycles. The summed E-state index contributed by atoms with van der Waals surface area (Å²) in [6, 6.07) is 6.72. The van der Waals surface area contributed by atoms with E-state index >= 15 is 0 Å². The van der Waals surface area contributed by atoms with Crippen LogP contribution in [0.1, 0.15) is 62.6 Å². The Hall–Kier alpha value is -1.92. The lowest BCUT2D eigenvalue weighted by molar-refractivity contribution is 0.291. The first-order chi connectivity index (χ1) is 14.9. The number of aromatic amines is 1. The van der Waals surface area contributed by atoms with E-state index in [2.05, 4.69) is 59.1 Å². The van der Waals surface area contributed by atoms with Crippen molar-refractivity contribution < 1.29 is 0 Å². The lowest BCUT2D eigenvalue weighted by Gasteiger charge is -2.32. The van der Waals surface area contributed by atoms with Crippen LogP contribution in [0.5, 0.6) is 0 Å². The molecule has 1 aliphatic carbocycles. The van der Waals surface area contributed by atoms with Crippen molar-refractivity contribution in [3.8, 4) is 0 Å². The summed E-state index contributed by atoms with van der Waals surface area (Å²) in [5, 5.41) is 5.35. The van der Waals surface area contributed by atoms with Crippen LogP contribution in [0.4, 0.5) is 0 Å². The van der Waals surface area contributed by atoms with Crippen molar-refractivity contribution >= 4 is 28.2 Å². The highest BCUT2D eigenvalue weighted by Crippen LogP contribution is 2.25. The Morgan fingerprint density at radius 3 is 2.55 bits per heavy atom. The number of benzene rings is 1. The molecule has 170 valence electrons. The number of fused-ring (bicyclic) bond motifs is 1. The van der Waals surface area contributed by atoms with Crippen LogP contribution in [-0.4, -0.2) is 52.1 Å². The van der Waals surface area contributed by atoms with Crippen LogP contribution in [0.2, 0.25) is 0 Å². The number of nitrogens with zero attached hydrogens (tertiary/aromatic N) is 2. The zero-order valence-corrected chi connectivity index (χ0v) is 20.4. The van der Waals surface area contributed by atoms with Crippen molar-refractivity contribution in [3.05, 3.63) is 45.2 Å². The molecule has 0 saturated heterocycles. The molecular weight excluding hydrogens is 404 g/mol. The molecule has 0 aliphatic heterocycles. The number of aryl methyl sites for hydroxylation is 2. The van der Waals surface area contributed by atoms with Gasteiger partial charge in [-0.15, -0.1) is 0 Å². The molecule has 0 bridgehead atoms. The summed E-state index contributed by atoms with van der Waals surface area (Å²) in [5.41, 5.74) is 4.03. The first-order valence-corrected chi connectivity index (χ1v) is 12.2. The number of H-pyrrole nitrogens is 1. The second kappa shape index (κ2) is 11.1. The number of aromatic nitrogens is 1. The number of hydrogen-bond acceptors (Lipinski definition) is 3. The van der Waals surface area contributed by atoms with E-state index < -0.39 is 0 Å². The molecule has 0 atom stereocenters. The zero-order chi connectivity index (χ0) is 22.4. The largest absolute Gasteiger partial charge is 0.363 e. The van der Waals surface area contributed by atoms with E-state index in [0.717, 1.165) is 72.6 Å². The van der Waals surface area contributed by atoms with Gasteiger partial charge in [0.1, 0.15) is 0 Å². The Morgan fingerprint density at radius 2 is 1.87 bits per heavy atom. The van der Waals surface area contributed by atoms with Gasteiger partial charge in [0.15, 0.2) is 5.11 Å². The molecule has 6 heteroatoms. The monoisotopic (exact) mass is 442 g/mol. The zero-order valence-electron chi connectivity index (χ0n) is 19.6. The molecule has 0 radical (unpaired) electrons. The summed E-state index contributed by atoms with van der Waals surface area (Å²) >= 11 is 5.82. The normalized spacial score (nSPS) is 14.5. The molecule has 0 unspecified atom stereocenters. The van der Waals surface area contributed by atoms with Gasteiger partial charge in [0, 0.05) is 18.2 Å². The molecule has 5 nitrogen and oxygen atoms in total. The molecule has 1 aromatic carbocycles. The maximum Gasteiger partial charge on any atom is 0.253 e.